The van der Waals surface area contributed by atoms with E-state index in [0.717, 1.165) is 27.8 Å². The summed E-state index contributed by atoms with van der Waals surface area (Å²) >= 11 is 0.748. The number of benzene rings is 3. The van der Waals surface area contributed by atoms with E-state index in [1.165, 1.54) is 31.4 Å². The van der Waals surface area contributed by atoms with Gasteiger partial charge in [0.2, 0.25) is 0 Å². The number of aryl methyl sites for hydroxylation is 2. The van der Waals surface area contributed by atoms with Gasteiger partial charge in [-0.15, -0.1) is 0 Å². The van der Waals surface area contributed by atoms with Crippen molar-refractivity contribution in [1.82, 2.24) is 4.90 Å². The number of nitrogens with one attached hydrogen (secondary N) is 1. The summed E-state index contributed by atoms with van der Waals surface area (Å²) in [6, 6.07) is 16.5. The highest BCUT2D eigenvalue weighted by atomic mass is 32.2. The number of hydrogen-bond donors (Lipinski definition) is 1. The van der Waals surface area contributed by atoms with E-state index in [2.05, 4.69) is 5.32 Å². The Morgan fingerprint density at radius 3 is 2.54 bits per heavy atom. The third-order valence-corrected chi connectivity index (χ3v) is 6.93. The summed E-state index contributed by atoms with van der Waals surface area (Å²) in [4.78, 5) is 49.7. The average Bonchev–Trinajstić information content (AvgIpc) is 3.17. The molecule has 1 aliphatic rings. The van der Waals surface area contributed by atoms with Crippen LogP contribution in [0.2, 0.25) is 0 Å². The lowest BCUT2D eigenvalue weighted by molar-refractivity contribution is -0.385. The Labute approximate surface area is 228 Å². The van der Waals surface area contributed by atoms with Crippen molar-refractivity contribution >= 4 is 46.3 Å². The number of anilines is 1. The molecule has 0 bridgehead atoms. The zero-order valence-corrected chi connectivity index (χ0v) is 22.2. The Morgan fingerprint density at radius 2 is 1.82 bits per heavy atom. The molecule has 3 aromatic carbocycles. The van der Waals surface area contributed by atoms with E-state index in [0.29, 0.717) is 22.7 Å². The molecule has 39 heavy (non-hydrogen) atoms. The van der Waals surface area contributed by atoms with Crippen molar-refractivity contribution in [3.63, 3.8) is 0 Å². The fraction of sp³-hybridized carbons (Fsp3) is 0.179. The molecule has 0 aromatic heterocycles. The molecule has 11 heteroatoms. The molecule has 10 nitrogen and oxygen atoms in total. The molecule has 1 aliphatic heterocycles. The minimum Gasteiger partial charge on any atom is -0.493 e. The van der Waals surface area contributed by atoms with Gasteiger partial charge in [-0.1, -0.05) is 30.3 Å². The molecule has 0 saturated carbocycles. The topological polar surface area (TPSA) is 128 Å². The van der Waals surface area contributed by atoms with Gasteiger partial charge >= 0.3 is 0 Å². The van der Waals surface area contributed by atoms with Gasteiger partial charge in [-0.05, 0) is 72.6 Å². The van der Waals surface area contributed by atoms with Gasteiger partial charge in [0.05, 0.1) is 23.5 Å². The van der Waals surface area contributed by atoms with Crippen molar-refractivity contribution in [2.45, 2.75) is 20.4 Å². The number of carbonyl (C=O) groups is 3. The SMILES string of the molecule is COc1cc(/C=C2/SC(=O)N(Cc3ccccc3[N+](=O)[O-])C2=O)ccc1OCC(=O)Nc1ccc(C)c(C)c1. The molecule has 0 aliphatic carbocycles. The molecule has 3 aromatic rings. The normalized spacial score (nSPS) is 14.0. The zero-order chi connectivity index (χ0) is 28.1. The first-order valence-electron chi connectivity index (χ1n) is 11.8. The van der Waals surface area contributed by atoms with Crippen LogP contribution in [0.25, 0.3) is 6.08 Å². The lowest BCUT2D eigenvalue weighted by atomic mass is 10.1. The van der Waals surface area contributed by atoms with Crippen molar-refractivity contribution in [3.8, 4) is 11.5 Å². The molecule has 200 valence electrons. The number of rotatable bonds is 9. The second kappa shape index (κ2) is 11.8. The first-order valence-corrected chi connectivity index (χ1v) is 12.6. The number of thioether (sulfide) groups is 1. The number of methoxy groups -OCH3 is 1. The van der Waals surface area contributed by atoms with Crippen LogP contribution >= 0.6 is 11.8 Å². The first-order chi connectivity index (χ1) is 18.7. The summed E-state index contributed by atoms with van der Waals surface area (Å²) < 4.78 is 11.0. The van der Waals surface area contributed by atoms with Crippen molar-refractivity contribution in [3.05, 3.63) is 97.9 Å². The Morgan fingerprint density at radius 1 is 1.05 bits per heavy atom. The molecule has 0 spiro atoms. The van der Waals surface area contributed by atoms with E-state index in [-0.39, 0.29) is 35.2 Å². The van der Waals surface area contributed by atoms with Gasteiger partial charge in [-0.25, -0.2) is 0 Å². The summed E-state index contributed by atoms with van der Waals surface area (Å²) in [5.41, 5.74) is 3.52. The Kier molecular flexibility index (Phi) is 8.30. The molecule has 1 heterocycles. The predicted molar refractivity (Wildman–Crippen MR) is 148 cm³/mol. The number of ether oxygens (including phenoxy) is 2. The molecular formula is C28H25N3O7S. The lowest BCUT2D eigenvalue weighted by Gasteiger charge is -2.13. The van der Waals surface area contributed by atoms with Crippen molar-refractivity contribution in [1.29, 1.82) is 0 Å². The van der Waals surface area contributed by atoms with Gasteiger partial charge in [0.1, 0.15) is 0 Å². The third-order valence-electron chi connectivity index (χ3n) is 6.03. The summed E-state index contributed by atoms with van der Waals surface area (Å²) in [5, 5.41) is 13.6. The third kappa shape index (κ3) is 6.44. The maximum absolute atomic E-state index is 12.9. The number of nitro benzene ring substituents is 1. The van der Waals surface area contributed by atoms with E-state index >= 15 is 0 Å². The Bertz CT molecular complexity index is 1500. The highest BCUT2D eigenvalue weighted by Gasteiger charge is 2.36. The summed E-state index contributed by atoms with van der Waals surface area (Å²) in [7, 11) is 1.45. The predicted octanol–water partition coefficient (Wildman–Crippen LogP) is 5.47. The van der Waals surface area contributed by atoms with Crippen molar-refractivity contribution in [2.24, 2.45) is 0 Å². The van der Waals surface area contributed by atoms with E-state index in [4.69, 9.17) is 9.47 Å². The van der Waals surface area contributed by atoms with Crippen LogP contribution in [0.15, 0.2) is 65.6 Å². The molecule has 0 atom stereocenters. The summed E-state index contributed by atoms with van der Waals surface area (Å²) in [6.45, 7) is 3.50. The Balaban J connectivity index is 1.43. The van der Waals surface area contributed by atoms with E-state index in [1.54, 1.807) is 24.3 Å². The van der Waals surface area contributed by atoms with Gasteiger partial charge in [0.25, 0.3) is 22.7 Å². The molecule has 1 saturated heterocycles. The fourth-order valence-corrected chi connectivity index (χ4v) is 4.67. The van der Waals surface area contributed by atoms with Crippen LogP contribution < -0.4 is 14.8 Å². The van der Waals surface area contributed by atoms with Crippen molar-refractivity contribution in [2.75, 3.05) is 19.0 Å². The van der Waals surface area contributed by atoms with Crippen LogP contribution in [0.5, 0.6) is 11.5 Å². The standard InChI is InChI=1S/C28H25N3O7S/c1-17-8-10-21(12-18(17)2)29-26(32)16-38-23-11-9-19(13-24(23)37-3)14-25-27(33)30(28(34)39-25)15-20-6-4-5-7-22(20)31(35)36/h4-14H,15-16H2,1-3H3,(H,29,32)/b25-14+. The zero-order valence-electron chi connectivity index (χ0n) is 21.4. The maximum atomic E-state index is 12.9. The van der Waals surface area contributed by atoms with E-state index in [1.807, 2.05) is 32.0 Å². The van der Waals surface area contributed by atoms with Crippen LogP contribution in [0.1, 0.15) is 22.3 Å². The number of carbonyl (C=O) groups excluding carboxylic acids is 3. The van der Waals surface area contributed by atoms with Gasteiger partial charge < -0.3 is 14.8 Å². The molecule has 0 radical (unpaired) electrons. The molecule has 3 amide bonds. The van der Waals surface area contributed by atoms with Gasteiger partial charge in [0, 0.05) is 17.3 Å². The van der Waals surface area contributed by atoms with Gasteiger partial charge in [-0.2, -0.15) is 0 Å². The highest BCUT2D eigenvalue weighted by molar-refractivity contribution is 8.18. The van der Waals surface area contributed by atoms with E-state index in [9.17, 15) is 24.5 Å². The molecule has 1 N–H and O–H groups in total. The van der Waals surface area contributed by atoms with Gasteiger partial charge in [-0.3, -0.25) is 29.4 Å². The smallest absolute Gasteiger partial charge is 0.293 e. The van der Waals surface area contributed by atoms with Crippen LogP contribution in [0.3, 0.4) is 0 Å². The van der Waals surface area contributed by atoms with Crippen molar-refractivity contribution < 1.29 is 28.8 Å². The number of amides is 3. The lowest BCUT2D eigenvalue weighted by Crippen LogP contribution is -2.27. The minimum atomic E-state index is -0.551. The number of nitrogens with zero attached hydrogens (tertiary/aromatic N) is 2. The van der Waals surface area contributed by atoms with Crippen LogP contribution in [-0.4, -0.2) is 40.6 Å². The highest BCUT2D eigenvalue weighted by Crippen LogP contribution is 2.36. The Hall–Kier alpha value is -4.64. The number of para-hydroxylation sites is 1. The fourth-order valence-electron chi connectivity index (χ4n) is 3.83. The summed E-state index contributed by atoms with van der Waals surface area (Å²) in [5.74, 6) is -0.224. The second-order valence-electron chi connectivity index (χ2n) is 8.70. The van der Waals surface area contributed by atoms with Gasteiger partial charge in [0.15, 0.2) is 18.1 Å². The maximum Gasteiger partial charge on any atom is 0.293 e. The number of imide groups is 1. The van der Waals surface area contributed by atoms with Crippen LogP contribution in [0, 0.1) is 24.0 Å². The molecule has 4 rings (SSSR count). The van der Waals surface area contributed by atoms with Crippen LogP contribution in [-0.2, 0) is 16.1 Å². The number of nitro groups is 1. The molecule has 1 fully saturated rings. The second-order valence-corrected chi connectivity index (χ2v) is 9.69. The average molecular weight is 548 g/mol. The number of hydrogen-bond acceptors (Lipinski definition) is 8. The minimum absolute atomic E-state index is 0.163. The molecule has 0 unspecified atom stereocenters. The van der Waals surface area contributed by atoms with Crippen LogP contribution in [0.4, 0.5) is 16.2 Å². The summed E-state index contributed by atoms with van der Waals surface area (Å²) in [6.07, 6.45) is 1.53. The first kappa shape index (κ1) is 27.4. The largest absolute Gasteiger partial charge is 0.493 e. The quantitative estimate of drug-likeness (QED) is 0.212. The van der Waals surface area contributed by atoms with E-state index < -0.39 is 16.1 Å². The monoisotopic (exact) mass is 547 g/mol. The molecular weight excluding hydrogens is 522 g/mol.